The van der Waals surface area contributed by atoms with Gasteiger partial charge in [-0.2, -0.15) is 5.10 Å². The normalized spacial score (nSPS) is 12.3. The van der Waals surface area contributed by atoms with Crippen molar-refractivity contribution in [2.75, 3.05) is 19.8 Å². The van der Waals surface area contributed by atoms with Crippen molar-refractivity contribution >= 4 is 5.91 Å². The van der Waals surface area contributed by atoms with Crippen LogP contribution in [0.1, 0.15) is 18.7 Å². The second kappa shape index (κ2) is 6.75. The van der Waals surface area contributed by atoms with Crippen LogP contribution in [0, 0.1) is 0 Å². The zero-order valence-electron chi connectivity index (χ0n) is 10.8. The van der Waals surface area contributed by atoms with Crippen LogP contribution in [0.25, 0.3) is 0 Å². The van der Waals surface area contributed by atoms with Gasteiger partial charge in [0.25, 0.3) is 0 Å². The molecule has 6 nitrogen and oxygen atoms in total. The van der Waals surface area contributed by atoms with Crippen LogP contribution in [0.3, 0.4) is 0 Å². The molecule has 0 aliphatic carbocycles. The quantitative estimate of drug-likeness (QED) is 0.815. The van der Waals surface area contributed by atoms with E-state index in [1.807, 2.05) is 31.3 Å². The fourth-order valence-electron chi connectivity index (χ4n) is 1.73. The summed E-state index contributed by atoms with van der Waals surface area (Å²) in [6.45, 7) is 2.85. The van der Waals surface area contributed by atoms with Gasteiger partial charge in [0.05, 0.1) is 6.26 Å². The SMILES string of the molecule is CCOCC(=O)NCC(c1ccco1)n1cccn1. The highest BCUT2D eigenvalue weighted by Gasteiger charge is 2.17. The third kappa shape index (κ3) is 3.69. The van der Waals surface area contributed by atoms with Gasteiger partial charge >= 0.3 is 0 Å². The topological polar surface area (TPSA) is 69.3 Å². The number of ether oxygens (including phenoxy) is 1. The predicted octanol–water partition coefficient (Wildman–Crippen LogP) is 1.22. The number of nitrogens with zero attached hydrogens (tertiary/aromatic N) is 2. The van der Waals surface area contributed by atoms with Gasteiger partial charge in [0.1, 0.15) is 18.4 Å². The standard InChI is InChI=1S/C13H17N3O3/c1-2-18-10-13(17)14-9-11(12-5-3-8-19-12)16-7-4-6-15-16/h3-8,11H,2,9-10H2,1H3,(H,14,17). The molecule has 0 saturated carbocycles. The number of hydrogen-bond donors (Lipinski definition) is 1. The van der Waals surface area contributed by atoms with Crippen LogP contribution >= 0.6 is 0 Å². The van der Waals surface area contributed by atoms with E-state index in [1.54, 1.807) is 17.1 Å². The minimum absolute atomic E-state index is 0.0699. The number of hydrogen-bond acceptors (Lipinski definition) is 4. The lowest BCUT2D eigenvalue weighted by Gasteiger charge is -2.16. The maximum atomic E-state index is 11.5. The molecule has 19 heavy (non-hydrogen) atoms. The Morgan fingerprint density at radius 1 is 1.58 bits per heavy atom. The van der Waals surface area contributed by atoms with E-state index in [-0.39, 0.29) is 18.6 Å². The summed E-state index contributed by atoms with van der Waals surface area (Å²) in [6, 6.07) is 5.35. The van der Waals surface area contributed by atoms with Crippen LogP contribution < -0.4 is 5.32 Å². The summed E-state index contributed by atoms with van der Waals surface area (Å²) in [6.07, 6.45) is 5.13. The van der Waals surface area contributed by atoms with Crippen LogP contribution in [-0.4, -0.2) is 35.4 Å². The molecule has 2 rings (SSSR count). The molecule has 0 aliphatic heterocycles. The lowest BCUT2D eigenvalue weighted by molar-refractivity contribution is -0.125. The van der Waals surface area contributed by atoms with Crippen molar-refractivity contribution in [3.05, 3.63) is 42.6 Å². The van der Waals surface area contributed by atoms with Gasteiger partial charge in [-0.15, -0.1) is 0 Å². The fourth-order valence-corrected chi connectivity index (χ4v) is 1.73. The summed E-state index contributed by atoms with van der Waals surface area (Å²) < 4.78 is 12.2. The van der Waals surface area contributed by atoms with Crippen LogP contribution in [0.4, 0.5) is 0 Å². The molecule has 1 unspecified atom stereocenters. The Labute approximate surface area is 111 Å². The van der Waals surface area contributed by atoms with Gasteiger partial charge in [-0.3, -0.25) is 9.48 Å². The zero-order chi connectivity index (χ0) is 13.5. The molecule has 0 aliphatic rings. The summed E-state index contributed by atoms with van der Waals surface area (Å²) >= 11 is 0. The summed E-state index contributed by atoms with van der Waals surface area (Å²) in [5.74, 6) is 0.603. The van der Waals surface area contributed by atoms with Crippen molar-refractivity contribution in [3.8, 4) is 0 Å². The second-order valence-corrected chi connectivity index (χ2v) is 3.96. The number of nitrogens with one attached hydrogen (secondary N) is 1. The summed E-state index contributed by atoms with van der Waals surface area (Å²) in [5.41, 5.74) is 0. The van der Waals surface area contributed by atoms with E-state index in [0.29, 0.717) is 13.2 Å². The number of amides is 1. The molecule has 1 atom stereocenters. The highest BCUT2D eigenvalue weighted by Crippen LogP contribution is 2.16. The Morgan fingerprint density at radius 2 is 2.47 bits per heavy atom. The Morgan fingerprint density at radius 3 is 3.11 bits per heavy atom. The summed E-state index contributed by atoms with van der Waals surface area (Å²) in [5, 5.41) is 7.00. The van der Waals surface area contributed by atoms with Gasteiger partial charge in [0.15, 0.2) is 0 Å². The highest BCUT2D eigenvalue weighted by atomic mass is 16.5. The fraction of sp³-hybridized carbons (Fsp3) is 0.385. The average Bonchev–Trinajstić information content (AvgIpc) is 3.09. The third-order valence-corrected chi connectivity index (χ3v) is 2.65. The number of rotatable bonds is 7. The predicted molar refractivity (Wildman–Crippen MR) is 68.6 cm³/mol. The average molecular weight is 263 g/mol. The molecule has 0 bridgehead atoms. The molecule has 0 spiro atoms. The van der Waals surface area contributed by atoms with E-state index in [9.17, 15) is 4.79 Å². The molecule has 1 amide bonds. The Kier molecular flexibility index (Phi) is 4.74. The van der Waals surface area contributed by atoms with Gasteiger partial charge in [0.2, 0.25) is 5.91 Å². The first-order chi connectivity index (χ1) is 9.31. The van der Waals surface area contributed by atoms with E-state index in [0.717, 1.165) is 5.76 Å². The van der Waals surface area contributed by atoms with Crippen LogP contribution in [0.15, 0.2) is 41.3 Å². The first-order valence-electron chi connectivity index (χ1n) is 6.18. The minimum atomic E-state index is -0.157. The van der Waals surface area contributed by atoms with Crippen molar-refractivity contribution in [2.45, 2.75) is 13.0 Å². The first kappa shape index (κ1) is 13.4. The van der Waals surface area contributed by atoms with Gasteiger partial charge in [-0.25, -0.2) is 0 Å². The molecular formula is C13H17N3O3. The molecule has 1 N–H and O–H groups in total. The van der Waals surface area contributed by atoms with Gasteiger partial charge in [-0.1, -0.05) is 0 Å². The number of furan rings is 1. The number of aromatic nitrogens is 2. The van der Waals surface area contributed by atoms with Crippen molar-refractivity contribution in [3.63, 3.8) is 0 Å². The smallest absolute Gasteiger partial charge is 0.246 e. The van der Waals surface area contributed by atoms with E-state index in [1.165, 1.54) is 0 Å². The van der Waals surface area contributed by atoms with Crippen molar-refractivity contribution < 1.29 is 13.9 Å². The number of carbonyl (C=O) groups excluding carboxylic acids is 1. The van der Waals surface area contributed by atoms with Crippen LogP contribution in [0.2, 0.25) is 0 Å². The lowest BCUT2D eigenvalue weighted by Crippen LogP contribution is -2.33. The highest BCUT2D eigenvalue weighted by molar-refractivity contribution is 5.77. The first-order valence-corrected chi connectivity index (χ1v) is 6.18. The van der Waals surface area contributed by atoms with Gasteiger partial charge < -0.3 is 14.5 Å². The molecule has 0 saturated heterocycles. The largest absolute Gasteiger partial charge is 0.467 e. The van der Waals surface area contributed by atoms with Crippen molar-refractivity contribution in [1.29, 1.82) is 0 Å². The van der Waals surface area contributed by atoms with Gasteiger partial charge in [0, 0.05) is 25.5 Å². The van der Waals surface area contributed by atoms with E-state index in [2.05, 4.69) is 10.4 Å². The number of carbonyl (C=O) groups is 1. The Bertz CT molecular complexity index is 445. The maximum Gasteiger partial charge on any atom is 0.246 e. The monoisotopic (exact) mass is 263 g/mol. The molecule has 0 aromatic carbocycles. The Hall–Kier alpha value is -2.08. The minimum Gasteiger partial charge on any atom is -0.467 e. The second-order valence-electron chi connectivity index (χ2n) is 3.96. The summed E-state index contributed by atoms with van der Waals surface area (Å²) in [7, 11) is 0. The van der Waals surface area contributed by atoms with Crippen molar-refractivity contribution in [1.82, 2.24) is 15.1 Å². The van der Waals surface area contributed by atoms with E-state index < -0.39 is 0 Å². The Balaban J connectivity index is 1.98. The molecule has 102 valence electrons. The molecule has 2 aromatic rings. The maximum absolute atomic E-state index is 11.5. The van der Waals surface area contributed by atoms with Crippen LogP contribution in [0.5, 0.6) is 0 Å². The van der Waals surface area contributed by atoms with E-state index in [4.69, 9.17) is 9.15 Å². The molecule has 2 heterocycles. The zero-order valence-corrected chi connectivity index (χ0v) is 10.8. The summed E-state index contributed by atoms with van der Waals surface area (Å²) in [4.78, 5) is 11.5. The molecule has 2 aromatic heterocycles. The third-order valence-electron chi connectivity index (χ3n) is 2.65. The lowest BCUT2D eigenvalue weighted by atomic mass is 10.2. The van der Waals surface area contributed by atoms with E-state index >= 15 is 0 Å². The van der Waals surface area contributed by atoms with Gasteiger partial charge in [-0.05, 0) is 25.1 Å². The molecular weight excluding hydrogens is 246 g/mol. The van der Waals surface area contributed by atoms with Crippen LogP contribution in [-0.2, 0) is 9.53 Å². The van der Waals surface area contributed by atoms with Crippen molar-refractivity contribution in [2.24, 2.45) is 0 Å². The molecule has 0 fully saturated rings. The molecule has 0 radical (unpaired) electrons. The molecule has 6 heteroatoms.